The SMILES string of the molecule is Cc1[nH]c(C(=O)N[N+]2(OC(=O)C(F)(F)F)CCCCC2)c(Cl)c1Cl. The number of alkyl halides is 3. The number of amides is 1. The Bertz CT molecular complexity index is 655. The van der Waals surface area contributed by atoms with Gasteiger partial charge in [-0.2, -0.15) is 18.6 Å². The summed E-state index contributed by atoms with van der Waals surface area (Å²) in [6.45, 7) is 1.64. The molecular weight excluding hydrogens is 374 g/mol. The van der Waals surface area contributed by atoms with Gasteiger partial charge in [-0.05, 0) is 18.1 Å². The molecule has 2 heterocycles. The number of H-pyrrole nitrogens is 1. The Labute approximate surface area is 145 Å². The normalized spacial score (nSPS) is 17.4. The van der Waals surface area contributed by atoms with Gasteiger partial charge >= 0.3 is 18.1 Å². The lowest BCUT2D eigenvalue weighted by molar-refractivity contribution is -1.12. The minimum Gasteiger partial charge on any atom is -0.352 e. The molecule has 0 aliphatic carbocycles. The van der Waals surface area contributed by atoms with Crippen LogP contribution in [0.25, 0.3) is 0 Å². The number of carbonyl (C=O) groups is 2. The summed E-state index contributed by atoms with van der Waals surface area (Å²) in [6, 6.07) is 0. The van der Waals surface area contributed by atoms with Crippen LogP contribution in [0.5, 0.6) is 0 Å². The number of halogens is 5. The van der Waals surface area contributed by atoms with Crippen molar-refractivity contribution in [3.05, 3.63) is 21.4 Å². The van der Waals surface area contributed by atoms with Crippen LogP contribution >= 0.6 is 23.2 Å². The first-order valence-corrected chi connectivity index (χ1v) is 7.85. The number of nitrogens with zero attached hydrogens (tertiary/aromatic N) is 1. The monoisotopic (exact) mass is 388 g/mol. The third kappa shape index (κ3) is 3.96. The molecule has 0 spiro atoms. The van der Waals surface area contributed by atoms with E-state index in [9.17, 15) is 22.8 Å². The number of rotatable bonds is 3. The molecule has 2 N–H and O–H groups in total. The zero-order valence-corrected chi connectivity index (χ0v) is 14.1. The van der Waals surface area contributed by atoms with Crippen molar-refractivity contribution in [1.82, 2.24) is 10.4 Å². The first-order chi connectivity index (χ1) is 11.1. The lowest BCUT2D eigenvalue weighted by Crippen LogP contribution is -2.64. The average Bonchev–Trinajstić information content (AvgIpc) is 2.74. The third-order valence-corrected chi connectivity index (χ3v) is 4.56. The number of quaternary nitrogens is 1. The van der Waals surface area contributed by atoms with E-state index >= 15 is 0 Å². The Morgan fingerprint density at radius 2 is 1.75 bits per heavy atom. The van der Waals surface area contributed by atoms with Crippen molar-refractivity contribution in [2.45, 2.75) is 32.4 Å². The highest BCUT2D eigenvalue weighted by Gasteiger charge is 2.49. The molecule has 6 nitrogen and oxygen atoms in total. The minimum absolute atomic E-state index is 0.0264. The van der Waals surface area contributed by atoms with E-state index in [1.807, 2.05) is 0 Å². The Morgan fingerprint density at radius 1 is 1.17 bits per heavy atom. The van der Waals surface area contributed by atoms with Crippen LogP contribution in [0.2, 0.25) is 10.0 Å². The van der Waals surface area contributed by atoms with Crippen LogP contribution in [0, 0.1) is 6.92 Å². The van der Waals surface area contributed by atoms with E-state index in [0.29, 0.717) is 18.5 Å². The molecule has 11 heteroatoms. The molecule has 0 atom stereocenters. The molecule has 1 fully saturated rings. The molecule has 0 aromatic carbocycles. The summed E-state index contributed by atoms with van der Waals surface area (Å²) in [5.41, 5.74) is 2.64. The number of aromatic amines is 1. The number of carbonyl (C=O) groups excluding carboxylic acids is 2. The lowest BCUT2D eigenvalue weighted by atomic mass is 10.1. The molecule has 1 amide bonds. The zero-order chi connectivity index (χ0) is 18.1. The summed E-state index contributed by atoms with van der Waals surface area (Å²) in [6.07, 6.45) is -3.42. The highest BCUT2D eigenvalue weighted by Crippen LogP contribution is 2.30. The van der Waals surface area contributed by atoms with E-state index in [1.54, 1.807) is 6.92 Å². The van der Waals surface area contributed by atoms with E-state index in [-0.39, 0.29) is 28.8 Å². The summed E-state index contributed by atoms with van der Waals surface area (Å²) in [7, 11) is 0. The van der Waals surface area contributed by atoms with Crippen LogP contribution < -0.4 is 5.43 Å². The van der Waals surface area contributed by atoms with Crippen molar-refractivity contribution < 1.29 is 32.4 Å². The fraction of sp³-hybridized carbons (Fsp3) is 0.538. The Balaban J connectivity index is 2.24. The summed E-state index contributed by atoms with van der Waals surface area (Å²) >= 11 is 11.8. The van der Waals surface area contributed by atoms with Crippen molar-refractivity contribution >= 4 is 35.1 Å². The Morgan fingerprint density at radius 3 is 2.21 bits per heavy atom. The number of hydrogen-bond acceptors (Lipinski definition) is 3. The number of aromatic nitrogens is 1. The van der Waals surface area contributed by atoms with Crippen LogP contribution in [-0.2, 0) is 9.63 Å². The van der Waals surface area contributed by atoms with E-state index in [4.69, 9.17) is 23.2 Å². The van der Waals surface area contributed by atoms with Gasteiger partial charge < -0.3 is 4.98 Å². The van der Waals surface area contributed by atoms with Crippen molar-refractivity contribution in [1.29, 1.82) is 0 Å². The van der Waals surface area contributed by atoms with Gasteiger partial charge in [0.1, 0.15) is 18.8 Å². The van der Waals surface area contributed by atoms with Crippen LogP contribution in [0.15, 0.2) is 0 Å². The van der Waals surface area contributed by atoms with Crippen LogP contribution in [-0.4, -0.2) is 40.9 Å². The fourth-order valence-corrected chi connectivity index (χ4v) is 2.84. The minimum atomic E-state index is -5.16. The van der Waals surface area contributed by atoms with Gasteiger partial charge in [0.15, 0.2) is 0 Å². The maximum absolute atomic E-state index is 12.5. The quantitative estimate of drug-likeness (QED) is 0.780. The van der Waals surface area contributed by atoms with Gasteiger partial charge in [0.2, 0.25) is 0 Å². The molecule has 1 aromatic heterocycles. The van der Waals surface area contributed by atoms with Crippen LogP contribution in [0.4, 0.5) is 13.2 Å². The Hall–Kier alpha value is -1.45. The van der Waals surface area contributed by atoms with E-state index in [2.05, 4.69) is 15.2 Å². The van der Waals surface area contributed by atoms with Gasteiger partial charge in [0.05, 0.1) is 10.0 Å². The molecule has 2 rings (SSSR count). The van der Waals surface area contributed by atoms with E-state index in [1.165, 1.54) is 0 Å². The van der Waals surface area contributed by atoms with E-state index in [0.717, 1.165) is 6.42 Å². The van der Waals surface area contributed by atoms with Gasteiger partial charge in [0.25, 0.3) is 0 Å². The Kier molecular flexibility index (Phi) is 5.36. The second-order valence-electron chi connectivity index (χ2n) is 5.47. The average molecular weight is 389 g/mol. The number of nitrogens with one attached hydrogen (secondary N) is 2. The molecule has 134 valence electrons. The molecule has 1 aromatic rings. The van der Waals surface area contributed by atoms with Gasteiger partial charge in [-0.15, -0.1) is 0 Å². The molecular formula is C13H15Cl2F3N3O3+. The van der Waals surface area contributed by atoms with Gasteiger partial charge in [-0.1, -0.05) is 23.2 Å². The molecule has 1 aliphatic heterocycles. The molecule has 1 aliphatic rings. The lowest BCUT2D eigenvalue weighted by Gasteiger charge is -2.35. The summed E-state index contributed by atoms with van der Waals surface area (Å²) in [5, 5.41) is 0.0864. The number of aryl methyl sites for hydroxylation is 1. The van der Waals surface area contributed by atoms with Gasteiger partial charge in [0, 0.05) is 18.5 Å². The smallest absolute Gasteiger partial charge is 0.352 e. The standard InChI is InChI=1S/C13H14Cl2F3N3O3/c1-7-8(14)9(15)10(19-7)11(22)20-21(5-3-2-4-6-21)24-12(23)13(16,17)18/h2-6H2,1H3,(H-,19,20,22)/p+1. The van der Waals surface area contributed by atoms with Crippen molar-refractivity contribution in [3.63, 3.8) is 0 Å². The third-order valence-electron chi connectivity index (χ3n) is 3.61. The second-order valence-corrected chi connectivity index (χ2v) is 6.22. The zero-order valence-electron chi connectivity index (χ0n) is 12.6. The van der Waals surface area contributed by atoms with Crippen LogP contribution in [0.3, 0.4) is 0 Å². The van der Waals surface area contributed by atoms with E-state index < -0.39 is 22.8 Å². The fourth-order valence-electron chi connectivity index (χ4n) is 2.43. The number of hydroxylamine groups is 2. The predicted molar refractivity (Wildman–Crippen MR) is 79.0 cm³/mol. The highest BCUT2D eigenvalue weighted by atomic mass is 35.5. The molecule has 0 unspecified atom stereocenters. The molecule has 0 saturated carbocycles. The molecule has 0 radical (unpaired) electrons. The summed E-state index contributed by atoms with van der Waals surface area (Å²) in [5.74, 6) is -3.18. The number of piperidine rings is 1. The van der Waals surface area contributed by atoms with Gasteiger partial charge in [-0.25, -0.2) is 9.63 Å². The van der Waals surface area contributed by atoms with Crippen molar-refractivity contribution in [2.75, 3.05) is 13.1 Å². The van der Waals surface area contributed by atoms with Crippen molar-refractivity contribution in [3.8, 4) is 0 Å². The first kappa shape index (κ1) is 18.9. The first-order valence-electron chi connectivity index (χ1n) is 7.10. The van der Waals surface area contributed by atoms with Crippen LogP contribution in [0.1, 0.15) is 35.4 Å². The van der Waals surface area contributed by atoms with Crippen molar-refractivity contribution in [2.24, 2.45) is 0 Å². The second kappa shape index (κ2) is 6.81. The maximum Gasteiger partial charge on any atom is 0.497 e. The molecule has 1 saturated heterocycles. The highest BCUT2D eigenvalue weighted by molar-refractivity contribution is 6.44. The summed E-state index contributed by atoms with van der Waals surface area (Å²) < 4.78 is 36.6. The maximum atomic E-state index is 12.5. The topological polar surface area (TPSA) is 71.2 Å². The summed E-state index contributed by atoms with van der Waals surface area (Å²) in [4.78, 5) is 30.8. The molecule has 0 bridgehead atoms. The largest absolute Gasteiger partial charge is 0.497 e. The number of hydrogen-bond donors (Lipinski definition) is 2. The van der Waals surface area contributed by atoms with Gasteiger partial charge in [-0.3, -0.25) is 4.79 Å². The predicted octanol–water partition coefficient (Wildman–Crippen LogP) is 3.30. The molecule has 24 heavy (non-hydrogen) atoms.